The molecule has 0 aliphatic rings. The van der Waals surface area contributed by atoms with Crippen LogP contribution in [0.1, 0.15) is 5.69 Å². The van der Waals surface area contributed by atoms with E-state index in [0.717, 1.165) is 5.69 Å². The molecular weight excluding hydrogens is 288 g/mol. The van der Waals surface area contributed by atoms with Crippen molar-refractivity contribution in [3.63, 3.8) is 0 Å². The highest BCUT2D eigenvalue weighted by Gasteiger charge is 2.03. The molecule has 0 spiro atoms. The first kappa shape index (κ1) is 13.6. The van der Waals surface area contributed by atoms with Crippen LogP contribution in [0, 0.1) is 0 Å². The molecule has 106 valence electrons. The SMILES string of the molecule is OCc1ccn(-c2cccc(Nc3ccc(Cl)cc3)n2)n1. The van der Waals surface area contributed by atoms with Crippen molar-refractivity contribution in [2.45, 2.75) is 6.61 Å². The number of pyridine rings is 1. The quantitative estimate of drug-likeness (QED) is 0.777. The smallest absolute Gasteiger partial charge is 0.155 e. The van der Waals surface area contributed by atoms with E-state index in [-0.39, 0.29) is 6.61 Å². The number of benzene rings is 1. The first-order chi connectivity index (χ1) is 10.2. The second-order valence-electron chi connectivity index (χ2n) is 4.42. The van der Waals surface area contributed by atoms with Crippen molar-refractivity contribution in [3.8, 4) is 5.82 Å². The highest BCUT2D eigenvalue weighted by atomic mass is 35.5. The Morgan fingerprint density at radius 2 is 1.90 bits per heavy atom. The maximum absolute atomic E-state index is 9.05. The third-order valence-electron chi connectivity index (χ3n) is 2.89. The molecule has 1 aromatic carbocycles. The zero-order valence-corrected chi connectivity index (χ0v) is 11.8. The molecule has 0 atom stereocenters. The van der Waals surface area contributed by atoms with Gasteiger partial charge in [0.1, 0.15) is 5.82 Å². The van der Waals surface area contributed by atoms with E-state index < -0.39 is 0 Å². The minimum Gasteiger partial charge on any atom is -0.390 e. The predicted octanol–water partition coefficient (Wildman–Crippen LogP) is 3.16. The summed E-state index contributed by atoms with van der Waals surface area (Å²) in [6, 6.07) is 14.8. The molecule has 0 fully saturated rings. The van der Waals surface area contributed by atoms with Gasteiger partial charge in [-0.15, -0.1) is 0 Å². The number of nitrogens with zero attached hydrogens (tertiary/aromatic N) is 3. The molecule has 2 heterocycles. The summed E-state index contributed by atoms with van der Waals surface area (Å²) in [5, 5.41) is 17.2. The summed E-state index contributed by atoms with van der Waals surface area (Å²) < 4.78 is 1.62. The Morgan fingerprint density at radius 3 is 2.62 bits per heavy atom. The van der Waals surface area contributed by atoms with Crippen LogP contribution < -0.4 is 5.32 Å². The van der Waals surface area contributed by atoms with E-state index in [1.807, 2.05) is 42.5 Å². The van der Waals surface area contributed by atoms with Gasteiger partial charge in [0.05, 0.1) is 12.3 Å². The summed E-state index contributed by atoms with van der Waals surface area (Å²) in [6.45, 7) is -0.0876. The molecule has 6 heteroatoms. The van der Waals surface area contributed by atoms with E-state index in [4.69, 9.17) is 16.7 Å². The number of halogens is 1. The molecule has 3 aromatic rings. The third-order valence-corrected chi connectivity index (χ3v) is 3.14. The lowest BCUT2D eigenvalue weighted by atomic mass is 10.3. The topological polar surface area (TPSA) is 63.0 Å². The number of aliphatic hydroxyl groups is 1. The largest absolute Gasteiger partial charge is 0.390 e. The van der Waals surface area contributed by atoms with Crippen LogP contribution >= 0.6 is 11.6 Å². The van der Waals surface area contributed by atoms with E-state index in [2.05, 4.69) is 15.4 Å². The maximum Gasteiger partial charge on any atom is 0.155 e. The fourth-order valence-electron chi connectivity index (χ4n) is 1.88. The van der Waals surface area contributed by atoms with Crippen molar-refractivity contribution in [2.75, 3.05) is 5.32 Å². The van der Waals surface area contributed by atoms with Crippen molar-refractivity contribution in [1.82, 2.24) is 14.8 Å². The molecule has 5 nitrogen and oxygen atoms in total. The van der Waals surface area contributed by atoms with Crippen molar-refractivity contribution < 1.29 is 5.11 Å². The van der Waals surface area contributed by atoms with E-state index in [1.165, 1.54) is 0 Å². The average molecular weight is 301 g/mol. The molecule has 0 amide bonds. The molecule has 0 unspecified atom stereocenters. The highest BCUT2D eigenvalue weighted by molar-refractivity contribution is 6.30. The molecular formula is C15H13ClN4O. The van der Waals surface area contributed by atoms with Crippen molar-refractivity contribution in [2.24, 2.45) is 0 Å². The fourth-order valence-corrected chi connectivity index (χ4v) is 2.00. The van der Waals surface area contributed by atoms with Gasteiger partial charge in [-0.1, -0.05) is 17.7 Å². The minimum atomic E-state index is -0.0876. The van der Waals surface area contributed by atoms with Crippen LogP contribution in [0.3, 0.4) is 0 Å². The normalized spacial score (nSPS) is 10.6. The van der Waals surface area contributed by atoms with E-state index in [9.17, 15) is 0 Å². The van der Waals surface area contributed by atoms with Crippen LogP contribution in [0.15, 0.2) is 54.7 Å². The number of nitrogens with one attached hydrogen (secondary N) is 1. The summed E-state index contributed by atoms with van der Waals surface area (Å²) >= 11 is 5.86. The zero-order chi connectivity index (χ0) is 14.7. The third kappa shape index (κ3) is 3.21. The van der Waals surface area contributed by atoms with Gasteiger partial charge in [0.15, 0.2) is 5.82 Å². The number of aliphatic hydroxyl groups excluding tert-OH is 1. The Morgan fingerprint density at radius 1 is 1.10 bits per heavy atom. The number of hydrogen-bond acceptors (Lipinski definition) is 4. The van der Waals surface area contributed by atoms with Crippen molar-refractivity contribution in [3.05, 3.63) is 65.4 Å². The van der Waals surface area contributed by atoms with Gasteiger partial charge in [-0.3, -0.25) is 0 Å². The predicted molar refractivity (Wildman–Crippen MR) is 82.0 cm³/mol. The van der Waals surface area contributed by atoms with Crippen LogP contribution in [0.25, 0.3) is 5.82 Å². The molecule has 0 saturated heterocycles. The van der Waals surface area contributed by atoms with E-state index in [0.29, 0.717) is 22.4 Å². The first-order valence-corrected chi connectivity index (χ1v) is 6.78. The fraction of sp³-hybridized carbons (Fsp3) is 0.0667. The van der Waals surface area contributed by atoms with E-state index >= 15 is 0 Å². The molecule has 0 saturated carbocycles. The number of rotatable bonds is 4. The lowest BCUT2D eigenvalue weighted by Crippen LogP contribution is -2.01. The van der Waals surface area contributed by atoms with Crippen LogP contribution in [-0.4, -0.2) is 19.9 Å². The summed E-state index contributed by atoms with van der Waals surface area (Å²) in [7, 11) is 0. The Bertz CT molecular complexity index is 739. The Kier molecular flexibility index (Phi) is 3.85. The van der Waals surface area contributed by atoms with Crippen LogP contribution in [0.4, 0.5) is 11.5 Å². The van der Waals surface area contributed by atoms with Gasteiger partial charge in [-0.2, -0.15) is 5.10 Å². The highest BCUT2D eigenvalue weighted by Crippen LogP contribution is 2.18. The summed E-state index contributed by atoms with van der Waals surface area (Å²) in [5.74, 6) is 1.38. The summed E-state index contributed by atoms with van der Waals surface area (Å²) in [4.78, 5) is 4.48. The molecule has 2 aromatic heterocycles. The molecule has 21 heavy (non-hydrogen) atoms. The van der Waals surface area contributed by atoms with Crippen molar-refractivity contribution in [1.29, 1.82) is 0 Å². The van der Waals surface area contributed by atoms with Crippen molar-refractivity contribution >= 4 is 23.1 Å². The second-order valence-corrected chi connectivity index (χ2v) is 4.86. The molecule has 0 aliphatic carbocycles. The molecule has 2 N–H and O–H groups in total. The van der Waals surface area contributed by atoms with Gasteiger partial charge < -0.3 is 10.4 Å². The molecule has 0 aliphatic heterocycles. The van der Waals surface area contributed by atoms with Gasteiger partial charge in [0.25, 0.3) is 0 Å². The van der Waals surface area contributed by atoms with Gasteiger partial charge in [0, 0.05) is 16.9 Å². The van der Waals surface area contributed by atoms with Crippen LogP contribution in [-0.2, 0) is 6.61 Å². The second kappa shape index (κ2) is 5.95. The van der Waals surface area contributed by atoms with Crippen LogP contribution in [0.2, 0.25) is 5.02 Å². The standard InChI is InChI=1S/C15H13ClN4O/c16-11-4-6-12(7-5-11)17-14-2-1-3-15(18-14)20-9-8-13(10-21)19-20/h1-9,21H,10H2,(H,17,18). The number of anilines is 2. The summed E-state index contributed by atoms with van der Waals surface area (Å²) in [6.07, 6.45) is 1.76. The van der Waals surface area contributed by atoms with Gasteiger partial charge >= 0.3 is 0 Å². The summed E-state index contributed by atoms with van der Waals surface area (Å²) in [5.41, 5.74) is 1.51. The van der Waals surface area contributed by atoms with Crippen LogP contribution in [0.5, 0.6) is 0 Å². The lowest BCUT2D eigenvalue weighted by Gasteiger charge is -2.07. The Hall–Kier alpha value is -2.37. The van der Waals surface area contributed by atoms with Gasteiger partial charge in [-0.25, -0.2) is 9.67 Å². The molecule has 3 rings (SSSR count). The average Bonchev–Trinajstić information content (AvgIpc) is 2.99. The number of aromatic nitrogens is 3. The maximum atomic E-state index is 9.05. The molecule has 0 radical (unpaired) electrons. The number of hydrogen-bond donors (Lipinski definition) is 2. The first-order valence-electron chi connectivity index (χ1n) is 6.40. The Balaban J connectivity index is 1.84. The Labute approximate surface area is 126 Å². The molecule has 0 bridgehead atoms. The van der Waals surface area contributed by atoms with Gasteiger partial charge in [0.2, 0.25) is 0 Å². The lowest BCUT2D eigenvalue weighted by molar-refractivity contribution is 0.276. The van der Waals surface area contributed by atoms with Gasteiger partial charge in [-0.05, 0) is 42.5 Å². The monoisotopic (exact) mass is 300 g/mol. The van der Waals surface area contributed by atoms with E-state index in [1.54, 1.807) is 16.9 Å². The minimum absolute atomic E-state index is 0.0876. The zero-order valence-electron chi connectivity index (χ0n) is 11.1.